The number of fused-ring (bicyclic) bond motifs is 1. The molecule has 1 unspecified atom stereocenters. The fourth-order valence-electron chi connectivity index (χ4n) is 3.05. The van der Waals surface area contributed by atoms with Crippen molar-refractivity contribution in [2.45, 2.75) is 18.9 Å². The van der Waals surface area contributed by atoms with Crippen molar-refractivity contribution < 1.29 is 14.3 Å². The second kappa shape index (κ2) is 7.21. The Bertz CT molecular complexity index is 767. The van der Waals surface area contributed by atoms with Crippen LogP contribution in [0.25, 0.3) is 6.08 Å². The Labute approximate surface area is 142 Å². The molecular weight excluding hydrogens is 302 g/mol. The maximum absolute atomic E-state index is 12.2. The zero-order chi connectivity index (χ0) is 16.9. The van der Waals surface area contributed by atoms with Gasteiger partial charge in [0.15, 0.2) is 0 Å². The molecule has 0 aliphatic heterocycles. The number of benzene rings is 2. The van der Waals surface area contributed by atoms with Gasteiger partial charge in [-0.3, -0.25) is 4.79 Å². The third-order valence-corrected chi connectivity index (χ3v) is 4.30. The number of aryl methyl sites for hydroxylation is 1. The highest BCUT2D eigenvalue weighted by atomic mass is 16.5. The van der Waals surface area contributed by atoms with E-state index in [9.17, 15) is 4.79 Å². The smallest absolute Gasteiger partial charge is 0.244 e. The molecule has 0 fully saturated rings. The van der Waals surface area contributed by atoms with Gasteiger partial charge in [-0.25, -0.2) is 0 Å². The average Bonchev–Trinajstić information content (AvgIpc) is 3.03. The highest BCUT2D eigenvalue weighted by molar-refractivity contribution is 5.92. The summed E-state index contributed by atoms with van der Waals surface area (Å²) in [6, 6.07) is 13.9. The number of amides is 1. The summed E-state index contributed by atoms with van der Waals surface area (Å²) in [6.45, 7) is 0. The molecule has 0 radical (unpaired) electrons. The summed E-state index contributed by atoms with van der Waals surface area (Å²) in [5.74, 6) is 1.29. The third kappa shape index (κ3) is 3.43. The summed E-state index contributed by atoms with van der Waals surface area (Å²) in [6.07, 6.45) is 5.27. The summed E-state index contributed by atoms with van der Waals surface area (Å²) in [5, 5.41) is 3.07. The quantitative estimate of drug-likeness (QED) is 0.857. The van der Waals surface area contributed by atoms with E-state index in [0.717, 1.165) is 24.2 Å². The molecule has 24 heavy (non-hydrogen) atoms. The zero-order valence-electron chi connectivity index (χ0n) is 13.9. The summed E-state index contributed by atoms with van der Waals surface area (Å²) >= 11 is 0. The van der Waals surface area contributed by atoms with E-state index in [2.05, 4.69) is 17.4 Å². The Balaban J connectivity index is 1.68. The molecule has 0 saturated heterocycles. The van der Waals surface area contributed by atoms with E-state index in [1.165, 1.54) is 11.1 Å². The number of methoxy groups -OCH3 is 2. The molecule has 1 aliphatic carbocycles. The van der Waals surface area contributed by atoms with E-state index in [4.69, 9.17) is 9.47 Å². The van der Waals surface area contributed by atoms with Crippen LogP contribution in [0.4, 0.5) is 0 Å². The van der Waals surface area contributed by atoms with Gasteiger partial charge >= 0.3 is 0 Å². The molecule has 1 amide bonds. The first-order valence-electron chi connectivity index (χ1n) is 7.99. The van der Waals surface area contributed by atoms with Gasteiger partial charge in [0.25, 0.3) is 0 Å². The van der Waals surface area contributed by atoms with Crippen molar-refractivity contribution >= 4 is 12.0 Å². The molecule has 0 aromatic heterocycles. The maximum atomic E-state index is 12.2. The van der Waals surface area contributed by atoms with Crippen LogP contribution < -0.4 is 14.8 Å². The van der Waals surface area contributed by atoms with Crippen LogP contribution in [0.1, 0.15) is 29.2 Å². The molecule has 0 spiro atoms. The Kier molecular flexibility index (Phi) is 4.85. The minimum absolute atomic E-state index is 0.0936. The van der Waals surface area contributed by atoms with E-state index in [1.807, 2.05) is 24.3 Å². The standard InChI is InChI=1S/C20H21NO3/c1-23-16-10-7-15(19(13-16)24-2)9-12-20(22)21-18-11-8-14-5-3-4-6-17(14)18/h3-7,9-10,12-13,18H,8,11H2,1-2H3,(H,21,22)/b12-9+. The van der Waals surface area contributed by atoms with E-state index in [0.29, 0.717) is 5.75 Å². The molecule has 1 N–H and O–H groups in total. The molecule has 2 aromatic rings. The van der Waals surface area contributed by atoms with Gasteiger partial charge in [-0.05, 0) is 42.2 Å². The van der Waals surface area contributed by atoms with E-state index in [-0.39, 0.29) is 11.9 Å². The molecule has 0 heterocycles. The Morgan fingerprint density at radius 1 is 1.17 bits per heavy atom. The van der Waals surface area contributed by atoms with Crippen LogP contribution in [0.3, 0.4) is 0 Å². The second-order valence-corrected chi connectivity index (χ2v) is 5.74. The van der Waals surface area contributed by atoms with Crippen LogP contribution in [-0.2, 0) is 11.2 Å². The van der Waals surface area contributed by atoms with Crippen LogP contribution in [0, 0.1) is 0 Å². The Morgan fingerprint density at radius 3 is 2.79 bits per heavy atom. The first-order chi connectivity index (χ1) is 11.7. The van der Waals surface area contributed by atoms with Crippen molar-refractivity contribution in [2.24, 2.45) is 0 Å². The minimum Gasteiger partial charge on any atom is -0.497 e. The lowest BCUT2D eigenvalue weighted by atomic mass is 10.1. The topological polar surface area (TPSA) is 47.6 Å². The van der Waals surface area contributed by atoms with Crippen molar-refractivity contribution in [1.29, 1.82) is 0 Å². The van der Waals surface area contributed by atoms with E-state index < -0.39 is 0 Å². The molecule has 1 atom stereocenters. The van der Waals surface area contributed by atoms with Crippen LogP contribution >= 0.6 is 0 Å². The second-order valence-electron chi connectivity index (χ2n) is 5.74. The summed E-state index contributed by atoms with van der Waals surface area (Å²) in [5.41, 5.74) is 3.38. The molecule has 0 bridgehead atoms. The van der Waals surface area contributed by atoms with E-state index >= 15 is 0 Å². The van der Waals surface area contributed by atoms with Crippen molar-refractivity contribution in [1.82, 2.24) is 5.32 Å². The predicted octanol–water partition coefficient (Wildman–Crippen LogP) is 3.52. The summed E-state index contributed by atoms with van der Waals surface area (Å²) < 4.78 is 10.5. The predicted molar refractivity (Wildman–Crippen MR) is 94.2 cm³/mol. The van der Waals surface area contributed by atoms with Crippen LogP contribution in [-0.4, -0.2) is 20.1 Å². The third-order valence-electron chi connectivity index (χ3n) is 4.30. The average molecular weight is 323 g/mol. The normalized spacial score (nSPS) is 16.0. The van der Waals surface area contributed by atoms with Crippen molar-refractivity contribution in [2.75, 3.05) is 14.2 Å². The van der Waals surface area contributed by atoms with Gasteiger partial charge in [-0.1, -0.05) is 24.3 Å². The largest absolute Gasteiger partial charge is 0.497 e. The number of rotatable bonds is 5. The lowest BCUT2D eigenvalue weighted by Crippen LogP contribution is -2.25. The number of nitrogens with one attached hydrogen (secondary N) is 1. The molecule has 1 aliphatic rings. The highest BCUT2D eigenvalue weighted by Gasteiger charge is 2.22. The number of carbonyl (C=O) groups excluding carboxylic acids is 1. The van der Waals surface area contributed by atoms with Crippen molar-refractivity contribution in [3.8, 4) is 11.5 Å². The molecule has 2 aromatic carbocycles. The lowest BCUT2D eigenvalue weighted by Gasteiger charge is -2.12. The Morgan fingerprint density at radius 2 is 2.00 bits per heavy atom. The first kappa shape index (κ1) is 16.1. The van der Waals surface area contributed by atoms with Gasteiger partial charge in [-0.2, -0.15) is 0 Å². The van der Waals surface area contributed by atoms with Gasteiger partial charge < -0.3 is 14.8 Å². The van der Waals surface area contributed by atoms with Crippen molar-refractivity contribution in [3.63, 3.8) is 0 Å². The SMILES string of the molecule is COc1ccc(/C=C/C(=O)NC2CCc3ccccc32)c(OC)c1. The van der Waals surface area contributed by atoms with Gasteiger partial charge in [-0.15, -0.1) is 0 Å². The fourth-order valence-corrected chi connectivity index (χ4v) is 3.05. The monoisotopic (exact) mass is 323 g/mol. The zero-order valence-corrected chi connectivity index (χ0v) is 13.9. The minimum atomic E-state index is -0.102. The molecular formula is C20H21NO3. The van der Waals surface area contributed by atoms with Gasteiger partial charge in [0.05, 0.1) is 20.3 Å². The number of hydrogen-bond acceptors (Lipinski definition) is 3. The van der Waals surface area contributed by atoms with Crippen molar-refractivity contribution in [3.05, 3.63) is 65.2 Å². The first-order valence-corrected chi connectivity index (χ1v) is 7.99. The fraction of sp³-hybridized carbons (Fsp3) is 0.250. The van der Waals surface area contributed by atoms with Crippen LogP contribution in [0.2, 0.25) is 0 Å². The molecule has 0 saturated carbocycles. The molecule has 4 heteroatoms. The summed E-state index contributed by atoms with van der Waals surface area (Å²) in [4.78, 5) is 12.2. The molecule has 3 rings (SSSR count). The van der Waals surface area contributed by atoms with Gasteiger partial charge in [0.1, 0.15) is 11.5 Å². The van der Waals surface area contributed by atoms with Gasteiger partial charge in [0, 0.05) is 17.7 Å². The highest BCUT2D eigenvalue weighted by Crippen LogP contribution is 2.30. The van der Waals surface area contributed by atoms with Crippen LogP contribution in [0.15, 0.2) is 48.5 Å². The van der Waals surface area contributed by atoms with Gasteiger partial charge in [0.2, 0.25) is 5.91 Å². The number of ether oxygens (including phenoxy) is 2. The van der Waals surface area contributed by atoms with Crippen LogP contribution in [0.5, 0.6) is 11.5 Å². The number of carbonyl (C=O) groups is 1. The maximum Gasteiger partial charge on any atom is 0.244 e. The molecule has 4 nitrogen and oxygen atoms in total. The molecule has 124 valence electrons. The van der Waals surface area contributed by atoms with E-state index in [1.54, 1.807) is 32.4 Å². The number of hydrogen-bond donors (Lipinski definition) is 1. The lowest BCUT2D eigenvalue weighted by molar-refractivity contribution is -0.117. The summed E-state index contributed by atoms with van der Waals surface area (Å²) in [7, 11) is 3.21. The Hall–Kier alpha value is -2.75.